The number of methoxy groups -OCH3 is 1. The molecule has 29 heavy (non-hydrogen) atoms. The smallest absolute Gasteiger partial charge is 0.266 e. The van der Waals surface area contributed by atoms with E-state index in [1.807, 2.05) is 24.3 Å². The highest BCUT2D eigenvalue weighted by atomic mass is 32.2. The third-order valence-corrected chi connectivity index (χ3v) is 4.96. The van der Waals surface area contributed by atoms with Crippen LogP contribution < -0.4 is 15.6 Å². The molecule has 148 valence electrons. The van der Waals surface area contributed by atoms with Crippen LogP contribution in [0.2, 0.25) is 0 Å². The predicted molar refractivity (Wildman–Crippen MR) is 107 cm³/mol. The van der Waals surface area contributed by atoms with Crippen LogP contribution in [-0.2, 0) is 11.3 Å². The van der Waals surface area contributed by atoms with Crippen LogP contribution in [0, 0.1) is 0 Å². The number of nitrogens with zero attached hydrogens (tertiary/aromatic N) is 3. The molecule has 3 heterocycles. The normalized spacial score (nSPS) is 10.9. The second kappa shape index (κ2) is 8.23. The van der Waals surface area contributed by atoms with Crippen LogP contribution >= 0.6 is 11.8 Å². The number of benzene rings is 1. The first-order valence-electron chi connectivity index (χ1n) is 8.68. The number of aromatic nitrogens is 4. The summed E-state index contributed by atoms with van der Waals surface area (Å²) >= 11 is 1.19. The lowest BCUT2D eigenvalue weighted by molar-refractivity contribution is -0.118. The minimum Gasteiger partial charge on any atom is -0.497 e. The number of amides is 1. The summed E-state index contributed by atoms with van der Waals surface area (Å²) < 4.78 is 12.0. The zero-order chi connectivity index (χ0) is 20.2. The van der Waals surface area contributed by atoms with Gasteiger partial charge in [-0.1, -0.05) is 23.9 Å². The summed E-state index contributed by atoms with van der Waals surface area (Å²) in [6.07, 6.45) is 1.52. The van der Waals surface area contributed by atoms with E-state index < -0.39 is 0 Å². The molecule has 3 aromatic heterocycles. The Hall–Kier alpha value is -3.53. The lowest BCUT2D eigenvalue weighted by Crippen LogP contribution is -2.24. The summed E-state index contributed by atoms with van der Waals surface area (Å²) in [5, 5.41) is 5.92. The van der Waals surface area contributed by atoms with Crippen molar-refractivity contribution in [3.63, 3.8) is 0 Å². The van der Waals surface area contributed by atoms with Gasteiger partial charge in [0.15, 0.2) is 22.4 Å². The Labute approximate surface area is 169 Å². The predicted octanol–water partition coefficient (Wildman–Crippen LogP) is 2.09. The van der Waals surface area contributed by atoms with Crippen molar-refractivity contribution in [2.24, 2.45) is 0 Å². The van der Waals surface area contributed by atoms with Gasteiger partial charge in [-0.3, -0.25) is 14.7 Å². The van der Waals surface area contributed by atoms with Gasteiger partial charge in [-0.25, -0.2) is 9.50 Å². The summed E-state index contributed by atoms with van der Waals surface area (Å²) in [7, 11) is 1.60. The lowest BCUT2D eigenvalue weighted by atomic mass is 10.2. The van der Waals surface area contributed by atoms with Crippen LogP contribution in [0.4, 0.5) is 0 Å². The molecule has 4 rings (SSSR count). The van der Waals surface area contributed by atoms with Gasteiger partial charge in [0.25, 0.3) is 5.56 Å². The quantitative estimate of drug-likeness (QED) is 0.448. The molecule has 9 nitrogen and oxygen atoms in total. The fourth-order valence-electron chi connectivity index (χ4n) is 2.66. The number of aromatic amines is 1. The van der Waals surface area contributed by atoms with E-state index in [4.69, 9.17) is 9.15 Å². The monoisotopic (exact) mass is 411 g/mol. The SMILES string of the molecule is COc1cccc(CNC(=O)CSc2nc(-c3ccco3)nc3cc(=O)[nH]n23)c1. The molecule has 0 radical (unpaired) electrons. The third-order valence-electron chi connectivity index (χ3n) is 4.02. The van der Waals surface area contributed by atoms with Crippen LogP contribution in [0.5, 0.6) is 5.75 Å². The molecule has 0 spiro atoms. The van der Waals surface area contributed by atoms with Gasteiger partial charge in [-0.15, -0.1) is 0 Å². The van der Waals surface area contributed by atoms with E-state index in [1.54, 1.807) is 19.2 Å². The fraction of sp³-hybridized carbons (Fsp3) is 0.158. The molecule has 0 fully saturated rings. The van der Waals surface area contributed by atoms with E-state index in [0.29, 0.717) is 28.9 Å². The first kappa shape index (κ1) is 18.8. The average molecular weight is 411 g/mol. The minimum absolute atomic E-state index is 0.119. The van der Waals surface area contributed by atoms with Crippen LogP contribution in [0.1, 0.15) is 5.56 Å². The Kier molecular flexibility index (Phi) is 5.34. The van der Waals surface area contributed by atoms with Crippen molar-refractivity contribution in [1.82, 2.24) is 24.9 Å². The van der Waals surface area contributed by atoms with Gasteiger partial charge < -0.3 is 14.5 Å². The maximum atomic E-state index is 12.3. The first-order valence-corrected chi connectivity index (χ1v) is 9.67. The van der Waals surface area contributed by atoms with Crippen molar-refractivity contribution in [1.29, 1.82) is 0 Å². The molecule has 2 N–H and O–H groups in total. The zero-order valence-corrected chi connectivity index (χ0v) is 16.2. The summed E-state index contributed by atoms with van der Waals surface area (Å²) in [4.78, 5) is 32.8. The standard InChI is InChI=1S/C19H17N5O4S/c1-27-13-5-2-4-12(8-13)10-20-17(26)11-29-19-22-18(14-6-3-7-28-14)21-15-9-16(25)23-24(15)19/h2-9H,10-11H2,1H3,(H,20,26)(H,23,25). The minimum atomic E-state index is -0.305. The molecule has 0 unspecified atom stereocenters. The van der Waals surface area contributed by atoms with Crippen molar-refractivity contribution < 1.29 is 13.9 Å². The molecule has 1 amide bonds. The number of hydrogen-bond acceptors (Lipinski definition) is 7. The largest absolute Gasteiger partial charge is 0.497 e. The Bertz CT molecular complexity index is 1200. The van der Waals surface area contributed by atoms with E-state index in [1.165, 1.54) is 28.6 Å². The molecule has 0 saturated heterocycles. The van der Waals surface area contributed by atoms with E-state index in [-0.39, 0.29) is 17.2 Å². The Morgan fingerprint density at radius 2 is 2.17 bits per heavy atom. The molecule has 0 aliphatic heterocycles. The summed E-state index contributed by atoms with van der Waals surface area (Å²) in [5.74, 6) is 1.50. The average Bonchev–Trinajstić information content (AvgIpc) is 3.39. The maximum absolute atomic E-state index is 12.3. The van der Waals surface area contributed by atoms with Crippen LogP contribution in [0.15, 0.2) is 63.1 Å². The second-order valence-corrected chi connectivity index (χ2v) is 6.98. The molecule has 4 aromatic rings. The van der Waals surface area contributed by atoms with E-state index in [0.717, 1.165) is 11.3 Å². The number of thioether (sulfide) groups is 1. The van der Waals surface area contributed by atoms with Gasteiger partial charge in [-0.05, 0) is 29.8 Å². The Balaban J connectivity index is 1.47. The van der Waals surface area contributed by atoms with E-state index in [9.17, 15) is 9.59 Å². The number of hydrogen-bond donors (Lipinski definition) is 2. The molecule has 0 saturated carbocycles. The van der Waals surface area contributed by atoms with Crippen LogP contribution in [-0.4, -0.2) is 38.4 Å². The van der Waals surface area contributed by atoms with Gasteiger partial charge in [0, 0.05) is 12.6 Å². The summed E-state index contributed by atoms with van der Waals surface area (Å²) in [6.45, 7) is 0.383. The van der Waals surface area contributed by atoms with Gasteiger partial charge in [0.05, 0.1) is 19.1 Å². The number of carbonyl (C=O) groups excluding carboxylic acids is 1. The number of furan rings is 1. The second-order valence-electron chi connectivity index (χ2n) is 6.04. The maximum Gasteiger partial charge on any atom is 0.266 e. The van der Waals surface area contributed by atoms with Crippen molar-refractivity contribution >= 4 is 23.3 Å². The molecule has 10 heteroatoms. The highest BCUT2D eigenvalue weighted by Crippen LogP contribution is 2.21. The Morgan fingerprint density at radius 1 is 1.28 bits per heavy atom. The Morgan fingerprint density at radius 3 is 2.97 bits per heavy atom. The first-order chi connectivity index (χ1) is 14.1. The number of carbonyl (C=O) groups is 1. The fourth-order valence-corrected chi connectivity index (χ4v) is 3.44. The van der Waals surface area contributed by atoms with Crippen LogP contribution in [0.25, 0.3) is 17.2 Å². The van der Waals surface area contributed by atoms with E-state index >= 15 is 0 Å². The number of fused-ring (bicyclic) bond motifs is 1. The molecule has 0 atom stereocenters. The van der Waals surface area contributed by atoms with Gasteiger partial charge >= 0.3 is 0 Å². The van der Waals surface area contributed by atoms with Crippen molar-refractivity contribution in [2.45, 2.75) is 11.7 Å². The molecule has 0 aliphatic rings. The summed E-state index contributed by atoms with van der Waals surface area (Å²) in [6, 6.07) is 12.3. The summed E-state index contributed by atoms with van der Waals surface area (Å²) in [5.41, 5.74) is 1.03. The molecule has 1 aromatic carbocycles. The molecular weight excluding hydrogens is 394 g/mol. The zero-order valence-electron chi connectivity index (χ0n) is 15.4. The topological polar surface area (TPSA) is 115 Å². The highest BCUT2D eigenvalue weighted by Gasteiger charge is 2.14. The highest BCUT2D eigenvalue weighted by molar-refractivity contribution is 7.99. The molecule has 0 aliphatic carbocycles. The van der Waals surface area contributed by atoms with Crippen molar-refractivity contribution in [2.75, 3.05) is 12.9 Å². The van der Waals surface area contributed by atoms with Gasteiger partial charge in [0.1, 0.15) is 5.75 Å². The van der Waals surface area contributed by atoms with Gasteiger partial charge in [-0.2, -0.15) is 4.98 Å². The van der Waals surface area contributed by atoms with Crippen molar-refractivity contribution in [3.8, 4) is 17.3 Å². The van der Waals surface area contributed by atoms with Crippen LogP contribution in [0.3, 0.4) is 0 Å². The number of nitrogens with one attached hydrogen (secondary N) is 2. The van der Waals surface area contributed by atoms with Crippen molar-refractivity contribution in [3.05, 3.63) is 64.6 Å². The molecule has 0 bridgehead atoms. The number of H-pyrrole nitrogens is 1. The lowest BCUT2D eigenvalue weighted by Gasteiger charge is -2.08. The van der Waals surface area contributed by atoms with E-state index in [2.05, 4.69) is 20.4 Å². The molecular formula is C19H17N5O4S. The number of rotatable bonds is 7. The van der Waals surface area contributed by atoms with Gasteiger partial charge in [0.2, 0.25) is 5.91 Å². The number of ether oxygens (including phenoxy) is 1. The third kappa shape index (κ3) is 4.32.